The normalized spacial score (nSPS) is 18.0. The van der Waals surface area contributed by atoms with Crippen LogP contribution in [0.1, 0.15) is 20.3 Å². The average molecular weight is 350 g/mol. The average Bonchev–Trinajstić information content (AvgIpc) is 2.80. The van der Waals surface area contributed by atoms with Crippen molar-refractivity contribution in [2.75, 3.05) is 11.5 Å². The predicted molar refractivity (Wildman–Crippen MR) is 91.5 cm³/mol. The Morgan fingerprint density at radius 3 is 2.92 bits per heavy atom. The molecule has 0 bridgehead atoms. The first-order valence-electron chi connectivity index (χ1n) is 7.28. The van der Waals surface area contributed by atoms with E-state index in [1.807, 2.05) is 6.92 Å². The van der Waals surface area contributed by atoms with Crippen LogP contribution in [0.2, 0.25) is 0 Å². The fourth-order valence-electron chi connectivity index (χ4n) is 2.15. The number of carbonyl (C=O) groups excluding carboxylic acids is 3. The molecular weight excluding hydrogens is 332 g/mol. The van der Waals surface area contributed by atoms with Crippen molar-refractivity contribution in [3.05, 3.63) is 24.3 Å². The standard InChI is InChI=1S/C15H18N4O4S/c1-3-23-11-6-4-5-10(7-11)19-13(21)8-12(14(19)22)24-15(16)18-17-9(2)20/h4-7,12H,3,8H2,1-2H3,(H2,16,18)(H,17,20). The Hall–Kier alpha value is -2.55. The van der Waals surface area contributed by atoms with Crippen molar-refractivity contribution >= 4 is 40.3 Å². The van der Waals surface area contributed by atoms with Gasteiger partial charge in [0.05, 0.1) is 12.3 Å². The number of hydrogen-bond acceptors (Lipinski definition) is 6. The molecule has 1 atom stereocenters. The molecule has 1 aliphatic heterocycles. The number of amidine groups is 1. The van der Waals surface area contributed by atoms with E-state index in [4.69, 9.17) is 10.5 Å². The van der Waals surface area contributed by atoms with Gasteiger partial charge in [-0.05, 0) is 19.1 Å². The minimum absolute atomic E-state index is 0.0126. The molecule has 128 valence electrons. The van der Waals surface area contributed by atoms with Crippen LogP contribution in [-0.4, -0.2) is 34.7 Å². The minimum atomic E-state index is -0.675. The fourth-order valence-corrected chi connectivity index (χ4v) is 2.97. The molecule has 0 saturated carbocycles. The summed E-state index contributed by atoms with van der Waals surface area (Å²) in [7, 11) is 0. The molecule has 3 N–H and O–H groups in total. The lowest BCUT2D eigenvalue weighted by atomic mass is 10.3. The van der Waals surface area contributed by atoms with Gasteiger partial charge in [-0.15, -0.1) is 5.10 Å². The molecule has 0 aromatic heterocycles. The van der Waals surface area contributed by atoms with Gasteiger partial charge in [0.25, 0.3) is 0 Å². The van der Waals surface area contributed by atoms with Gasteiger partial charge in [-0.25, -0.2) is 10.3 Å². The lowest BCUT2D eigenvalue weighted by Gasteiger charge is -2.16. The number of nitrogens with one attached hydrogen (secondary N) is 1. The van der Waals surface area contributed by atoms with Crippen LogP contribution in [0.5, 0.6) is 5.75 Å². The van der Waals surface area contributed by atoms with Crippen LogP contribution in [0.4, 0.5) is 5.69 Å². The van der Waals surface area contributed by atoms with E-state index in [0.717, 1.165) is 16.7 Å². The second-order valence-corrected chi connectivity index (χ2v) is 6.15. The molecule has 8 nitrogen and oxygen atoms in total. The summed E-state index contributed by atoms with van der Waals surface area (Å²) in [5, 5.41) is 2.98. The number of nitrogens with zero attached hydrogens (tertiary/aromatic N) is 2. The Morgan fingerprint density at radius 1 is 1.50 bits per heavy atom. The van der Waals surface area contributed by atoms with Gasteiger partial charge < -0.3 is 10.5 Å². The van der Waals surface area contributed by atoms with Crippen LogP contribution in [0, 0.1) is 0 Å². The number of anilines is 1. The zero-order valence-electron chi connectivity index (χ0n) is 13.3. The topological polar surface area (TPSA) is 114 Å². The first-order valence-corrected chi connectivity index (χ1v) is 8.16. The molecular formula is C15H18N4O4S. The summed E-state index contributed by atoms with van der Waals surface area (Å²) in [4.78, 5) is 36.6. The zero-order valence-corrected chi connectivity index (χ0v) is 14.1. The van der Waals surface area contributed by atoms with Gasteiger partial charge in [-0.1, -0.05) is 17.8 Å². The Bertz CT molecular complexity index is 692. The molecule has 9 heteroatoms. The molecule has 1 unspecified atom stereocenters. The van der Waals surface area contributed by atoms with Crippen LogP contribution in [0.15, 0.2) is 29.4 Å². The molecule has 1 heterocycles. The summed E-state index contributed by atoms with van der Waals surface area (Å²) in [6, 6.07) is 6.78. The van der Waals surface area contributed by atoms with Gasteiger partial charge in [0, 0.05) is 19.4 Å². The first kappa shape index (κ1) is 17.8. The molecule has 24 heavy (non-hydrogen) atoms. The second-order valence-electron chi connectivity index (χ2n) is 4.93. The fraction of sp³-hybridized carbons (Fsp3) is 0.333. The van der Waals surface area contributed by atoms with E-state index in [0.29, 0.717) is 18.0 Å². The lowest BCUT2D eigenvalue weighted by molar-refractivity contribution is -0.121. The highest BCUT2D eigenvalue weighted by Gasteiger charge is 2.40. The highest BCUT2D eigenvalue weighted by molar-refractivity contribution is 8.14. The maximum atomic E-state index is 12.5. The number of rotatable bonds is 5. The van der Waals surface area contributed by atoms with E-state index in [1.165, 1.54) is 6.92 Å². The van der Waals surface area contributed by atoms with E-state index in [2.05, 4.69) is 10.5 Å². The van der Waals surface area contributed by atoms with Crippen LogP contribution < -0.4 is 20.8 Å². The first-order chi connectivity index (χ1) is 11.4. The van der Waals surface area contributed by atoms with Crippen molar-refractivity contribution in [3.63, 3.8) is 0 Å². The van der Waals surface area contributed by atoms with Crippen LogP contribution in [-0.2, 0) is 14.4 Å². The van der Waals surface area contributed by atoms with Crippen LogP contribution in [0.25, 0.3) is 0 Å². The Morgan fingerprint density at radius 2 is 2.25 bits per heavy atom. The Balaban J connectivity index is 2.12. The summed E-state index contributed by atoms with van der Waals surface area (Å²) in [5.74, 6) is -0.488. The molecule has 3 amide bonds. The van der Waals surface area contributed by atoms with Crippen molar-refractivity contribution in [3.8, 4) is 5.75 Å². The number of carbonyl (C=O) groups is 3. The van der Waals surface area contributed by atoms with Crippen molar-refractivity contribution in [2.24, 2.45) is 10.8 Å². The Kier molecular flexibility index (Phi) is 5.80. The number of amides is 3. The maximum absolute atomic E-state index is 12.5. The largest absolute Gasteiger partial charge is 0.494 e. The van der Waals surface area contributed by atoms with Gasteiger partial charge in [-0.3, -0.25) is 14.4 Å². The highest BCUT2D eigenvalue weighted by Crippen LogP contribution is 2.31. The van der Waals surface area contributed by atoms with Crippen molar-refractivity contribution in [2.45, 2.75) is 25.5 Å². The van der Waals surface area contributed by atoms with Crippen LogP contribution in [0.3, 0.4) is 0 Å². The number of hydrazone groups is 1. The third-order valence-electron chi connectivity index (χ3n) is 3.08. The predicted octanol–water partition coefficient (Wildman–Crippen LogP) is 0.816. The van der Waals surface area contributed by atoms with Gasteiger partial charge in [-0.2, -0.15) is 0 Å². The van der Waals surface area contributed by atoms with Crippen molar-refractivity contribution < 1.29 is 19.1 Å². The smallest absolute Gasteiger partial charge is 0.247 e. The summed E-state index contributed by atoms with van der Waals surface area (Å²) in [6.45, 7) is 3.63. The van der Waals surface area contributed by atoms with Gasteiger partial charge in [0.1, 0.15) is 11.0 Å². The third kappa shape index (κ3) is 4.25. The second kappa shape index (κ2) is 7.82. The molecule has 1 fully saturated rings. The minimum Gasteiger partial charge on any atom is -0.494 e. The lowest BCUT2D eigenvalue weighted by Crippen LogP contribution is -2.32. The summed E-state index contributed by atoms with van der Waals surface area (Å²) in [6.07, 6.45) is 0.0126. The Labute approximate surface area is 143 Å². The molecule has 0 spiro atoms. The number of nitrogens with two attached hydrogens (primary N) is 1. The van der Waals surface area contributed by atoms with Gasteiger partial charge >= 0.3 is 0 Å². The van der Waals surface area contributed by atoms with E-state index in [1.54, 1.807) is 24.3 Å². The van der Waals surface area contributed by atoms with Crippen LogP contribution >= 0.6 is 11.8 Å². The maximum Gasteiger partial charge on any atom is 0.247 e. The number of ether oxygens (including phenoxy) is 1. The number of benzene rings is 1. The van der Waals surface area contributed by atoms with E-state index in [-0.39, 0.29) is 29.3 Å². The third-order valence-corrected chi connectivity index (χ3v) is 4.06. The molecule has 1 aliphatic rings. The monoisotopic (exact) mass is 350 g/mol. The van der Waals surface area contributed by atoms with E-state index >= 15 is 0 Å². The molecule has 0 radical (unpaired) electrons. The van der Waals surface area contributed by atoms with E-state index < -0.39 is 5.25 Å². The number of thioether (sulfide) groups is 1. The zero-order chi connectivity index (χ0) is 17.7. The van der Waals surface area contributed by atoms with Gasteiger partial charge in [0.15, 0.2) is 5.17 Å². The van der Waals surface area contributed by atoms with Gasteiger partial charge in [0.2, 0.25) is 17.7 Å². The van der Waals surface area contributed by atoms with Crippen molar-refractivity contribution in [1.82, 2.24) is 5.43 Å². The molecule has 2 rings (SSSR count). The molecule has 1 aromatic rings. The molecule has 1 aromatic carbocycles. The molecule has 1 saturated heterocycles. The SMILES string of the molecule is CCOc1cccc(N2C(=O)CC(S/C(N)=N/NC(C)=O)C2=O)c1. The van der Waals surface area contributed by atoms with Crippen molar-refractivity contribution in [1.29, 1.82) is 0 Å². The number of imide groups is 1. The molecule has 0 aliphatic carbocycles. The highest BCUT2D eigenvalue weighted by atomic mass is 32.2. The quantitative estimate of drug-likeness (QED) is 0.352. The summed E-state index contributed by atoms with van der Waals surface area (Å²) < 4.78 is 5.39. The summed E-state index contributed by atoms with van der Waals surface area (Å²) in [5.41, 5.74) is 8.30. The number of hydrogen-bond donors (Lipinski definition) is 2. The summed E-state index contributed by atoms with van der Waals surface area (Å²) >= 11 is 0.944. The van der Waals surface area contributed by atoms with E-state index in [9.17, 15) is 14.4 Å².